The first-order valence-corrected chi connectivity index (χ1v) is 4.76. The predicted molar refractivity (Wildman–Crippen MR) is 57.2 cm³/mol. The van der Waals surface area contributed by atoms with Crippen molar-refractivity contribution in [2.75, 3.05) is 13.1 Å². The molecule has 0 aromatic heterocycles. The molecule has 0 aliphatic carbocycles. The average Bonchev–Trinajstić information content (AvgIpc) is 2.29. The van der Waals surface area contributed by atoms with Crippen LogP contribution in [0.3, 0.4) is 0 Å². The molecule has 1 amide bonds. The Morgan fingerprint density at radius 3 is 2.60 bits per heavy atom. The monoisotopic (exact) mass is 203 g/mol. The molecule has 0 saturated heterocycles. The minimum atomic E-state index is -0.132. The van der Waals surface area contributed by atoms with Gasteiger partial charge in [-0.3, -0.25) is 4.79 Å². The number of amides is 1. The summed E-state index contributed by atoms with van der Waals surface area (Å²) < 4.78 is 0. The first kappa shape index (κ1) is 11.2. The highest BCUT2D eigenvalue weighted by Gasteiger charge is 2.03. The molecular formula is C11H13N3O. The van der Waals surface area contributed by atoms with E-state index in [1.54, 1.807) is 24.3 Å². The SMILES string of the molecule is N#Cc1ccc(C(=O)NCCCN)cc1. The van der Waals surface area contributed by atoms with Crippen LogP contribution in [0.5, 0.6) is 0 Å². The lowest BCUT2D eigenvalue weighted by atomic mass is 10.1. The van der Waals surface area contributed by atoms with Crippen LogP contribution < -0.4 is 11.1 Å². The molecule has 15 heavy (non-hydrogen) atoms. The lowest BCUT2D eigenvalue weighted by Crippen LogP contribution is -2.25. The van der Waals surface area contributed by atoms with Crippen LogP contribution in [0.1, 0.15) is 22.3 Å². The number of carbonyl (C=O) groups excluding carboxylic acids is 1. The van der Waals surface area contributed by atoms with Gasteiger partial charge in [0.2, 0.25) is 0 Å². The van der Waals surface area contributed by atoms with Gasteiger partial charge >= 0.3 is 0 Å². The molecule has 78 valence electrons. The maximum absolute atomic E-state index is 11.5. The van der Waals surface area contributed by atoms with E-state index in [4.69, 9.17) is 11.0 Å². The molecule has 1 aromatic carbocycles. The second-order valence-corrected chi connectivity index (χ2v) is 3.09. The third-order valence-corrected chi connectivity index (χ3v) is 1.94. The van der Waals surface area contributed by atoms with E-state index in [0.29, 0.717) is 24.2 Å². The fourth-order valence-corrected chi connectivity index (χ4v) is 1.10. The van der Waals surface area contributed by atoms with Gasteiger partial charge in [0.1, 0.15) is 0 Å². The first-order chi connectivity index (χ1) is 7.27. The Bertz CT molecular complexity index is 364. The summed E-state index contributed by atoms with van der Waals surface area (Å²) in [6, 6.07) is 8.51. The standard InChI is InChI=1S/C11H13N3O/c12-6-1-7-14-11(15)10-4-2-9(8-13)3-5-10/h2-5H,1,6-7,12H2,(H,14,15). The van der Waals surface area contributed by atoms with Crippen molar-refractivity contribution < 1.29 is 4.79 Å². The highest BCUT2D eigenvalue weighted by Crippen LogP contribution is 2.02. The van der Waals surface area contributed by atoms with Crippen LogP contribution >= 0.6 is 0 Å². The van der Waals surface area contributed by atoms with Crippen LogP contribution in [0, 0.1) is 11.3 Å². The molecule has 4 heteroatoms. The Hall–Kier alpha value is -1.86. The molecule has 4 nitrogen and oxygen atoms in total. The van der Waals surface area contributed by atoms with E-state index in [-0.39, 0.29) is 5.91 Å². The fourth-order valence-electron chi connectivity index (χ4n) is 1.10. The molecule has 0 aliphatic rings. The number of nitrogens with one attached hydrogen (secondary N) is 1. The fraction of sp³-hybridized carbons (Fsp3) is 0.273. The zero-order valence-corrected chi connectivity index (χ0v) is 8.36. The van der Waals surface area contributed by atoms with Crippen molar-refractivity contribution in [3.63, 3.8) is 0 Å². The second kappa shape index (κ2) is 5.78. The largest absolute Gasteiger partial charge is 0.352 e. The number of nitrogens with zero attached hydrogens (tertiary/aromatic N) is 1. The summed E-state index contributed by atoms with van der Waals surface area (Å²) in [5.41, 5.74) is 6.41. The normalized spacial score (nSPS) is 9.33. The van der Waals surface area contributed by atoms with E-state index in [0.717, 1.165) is 6.42 Å². The van der Waals surface area contributed by atoms with Crippen LogP contribution in [-0.2, 0) is 0 Å². The zero-order chi connectivity index (χ0) is 11.1. The van der Waals surface area contributed by atoms with Crippen LogP contribution in [0.15, 0.2) is 24.3 Å². The van der Waals surface area contributed by atoms with Gasteiger partial charge in [-0.25, -0.2) is 0 Å². The Balaban J connectivity index is 2.55. The van der Waals surface area contributed by atoms with Gasteiger partial charge < -0.3 is 11.1 Å². The quantitative estimate of drug-likeness (QED) is 0.705. The van der Waals surface area contributed by atoms with Gasteiger partial charge in [-0.05, 0) is 37.2 Å². The topological polar surface area (TPSA) is 78.9 Å². The summed E-state index contributed by atoms with van der Waals surface area (Å²) >= 11 is 0. The van der Waals surface area contributed by atoms with E-state index >= 15 is 0 Å². The summed E-state index contributed by atoms with van der Waals surface area (Å²) in [5.74, 6) is -0.132. The minimum Gasteiger partial charge on any atom is -0.352 e. The van der Waals surface area contributed by atoms with Crippen molar-refractivity contribution in [2.45, 2.75) is 6.42 Å². The molecule has 0 saturated carbocycles. The van der Waals surface area contributed by atoms with E-state index < -0.39 is 0 Å². The number of nitriles is 1. The number of hydrogen-bond donors (Lipinski definition) is 2. The van der Waals surface area contributed by atoms with Gasteiger partial charge in [0.05, 0.1) is 11.6 Å². The summed E-state index contributed by atoms with van der Waals surface area (Å²) in [6.07, 6.45) is 0.766. The zero-order valence-electron chi connectivity index (χ0n) is 8.36. The number of nitrogens with two attached hydrogens (primary N) is 1. The molecule has 3 N–H and O–H groups in total. The first-order valence-electron chi connectivity index (χ1n) is 4.76. The smallest absolute Gasteiger partial charge is 0.251 e. The van der Waals surface area contributed by atoms with Gasteiger partial charge in [-0.2, -0.15) is 5.26 Å². The van der Waals surface area contributed by atoms with E-state index in [2.05, 4.69) is 5.32 Å². The molecule has 0 bridgehead atoms. The molecule has 0 spiro atoms. The van der Waals surface area contributed by atoms with Gasteiger partial charge in [0, 0.05) is 12.1 Å². The van der Waals surface area contributed by atoms with Crippen LogP contribution in [-0.4, -0.2) is 19.0 Å². The third kappa shape index (κ3) is 3.41. The minimum absolute atomic E-state index is 0.132. The number of carbonyl (C=O) groups is 1. The van der Waals surface area contributed by atoms with Crippen molar-refractivity contribution in [2.24, 2.45) is 5.73 Å². The average molecular weight is 203 g/mol. The van der Waals surface area contributed by atoms with E-state index in [1.165, 1.54) is 0 Å². The Kier molecular flexibility index (Phi) is 4.32. The van der Waals surface area contributed by atoms with Crippen molar-refractivity contribution in [1.82, 2.24) is 5.32 Å². The van der Waals surface area contributed by atoms with Gasteiger partial charge in [0.15, 0.2) is 0 Å². The summed E-state index contributed by atoms with van der Waals surface area (Å²) in [6.45, 7) is 1.14. The van der Waals surface area contributed by atoms with E-state index in [9.17, 15) is 4.79 Å². The Morgan fingerprint density at radius 2 is 2.07 bits per heavy atom. The summed E-state index contributed by atoms with van der Waals surface area (Å²) in [5, 5.41) is 11.3. The van der Waals surface area contributed by atoms with Crippen molar-refractivity contribution in [1.29, 1.82) is 5.26 Å². The molecule has 0 unspecified atom stereocenters. The Morgan fingerprint density at radius 1 is 1.40 bits per heavy atom. The molecule has 1 aromatic rings. The predicted octanol–water partition coefficient (Wildman–Crippen LogP) is 0.637. The molecule has 0 atom stereocenters. The number of benzene rings is 1. The van der Waals surface area contributed by atoms with Gasteiger partial charge in [0.25, 0.3) is 5.91 Å². The van der Waals surface area contributed by atoms with Gasteiger partial charge in [-0.1, -0.05) is 0 Å². The van der Waals surface area contributed by atoms with Gasteiger partial charge in [-0.15, -0.1) is 0 Å². The van der Waals surface area contributed by atoms with Crippen molar-refractivity contribution in [3.05, 3.63) is 35.4 Å². The maximum atomic E-state index is 11.5. The molecule has 0 radical (unpaired) electrons. The summed E-state index contributed by atoms with van der Waals surface area (Å²) in [4.78, 5) is 11.5. The molecular weight excluding hydrogens is 190 g/mol. The molecule has 1 rings (SSSR count). The van der Waals surface area contributed by atoms with E-state index in [1.807, 2.05) is 6.07 Å². The second-order valence-electron chi connectivity index (χ2n) is 3.09. The van der Waals surface area contributed by atoms with Crippen molar-refractivity contribution in [3.8, 4) is 6.07 Å². The highest BCUT2D eigenvalue weighted by atomic mass is 16.1. The molecule has 0 fully saturated rings. The van der Waals surface area contributed by atoms with Crippen LogP contribution in [0.2, 0.25) is 0 Å². The maximum Gasteiger partial charge on any atom is 0.251 e. The lowest BCUT2D eigenvalue weighted by Gasteiger charge is -2.03. The van der Waals surface area contributed by atoms with Crippen molar-refractivity contribution >= 4 is 5.91 Å². The summed E-state index contributed by atoms with van der Waals surface area (Å²) in [7, 11) is 0. The number of rotatable bonds is 4. The number of hydrogen-bond acceptors (Lipinski definition) is 3. The van der Waals surface area contributed by atoms with Crippen LogP contribution in [0.4, 0.5) is 0 Å². The third-order valence-electron chi connectivity index (χ3n) is 1.94. The molecule has 0 heterocycles. The molecule has 0 aliphatic heterocycles. The highest BCUT2D eigenvalue weighted by molar-refractivity contribution is 5.94. The Labute approximate surface area is 88.7 Å². The lowest BCUT2D eigenvalue weighted by molar-refractivity contribution is 0.0953. The van der Waals surface area contributed by atoms with Crippen LogP contribution in [0.25, 0.3) is 0 Å².